The zero-order chi connectivity index (χ0) is 13.6. The molecular formula is C15H20N2O2. The maximum atomic E-state index is 11.6. The van der Waals surface area contributed by atoms with Crippen molar-refractivity contribution in [3.05, 3.63) is 35.9 Å². The molecule has 0 radical (unpaired) electrons. The number of carbonyl (C=O) groups excluding carboxylic acids is 1. The predicted molar refractivity (Wildman–Crippen MR) is 75.1 cm³/mol. The lowest BCUT2D eigenvalue weighted by Crippen LogP contribution is -2.41. The molecule has 0 aliphatic heterocycles. The van der Waals surface area contributed by atoms with Gasteiger partial charge in [0.15, 0.2) is 0 Å². The van der Waals surface area contributed by atoms with Gasteiger partial charge in [-0.15, -0.1) is 0 Å². The van der Waals surface area contributed by atoms with Crippen LogP contribution >= 0.6 is 0 Å². The molecule has 0 aromatic heterocycles. The maximum absolute atomic E-state index is 11.6. The summed E-state index contributed by atoms with van der Waals surface area (Å²) >= 11 is 0. The number of carbonyl (C=O) groups is 1. The number of hydrogen-bond donors (Lipinski definition) is 1. The van der Waals surface area contributed by atoms with E-state index in [-0.39, 0.29) is 0 Å². The summed E-state index contributed by atoms with van der Waals surface area (Å²) in [4.78, 5) is 11.6. The Morgan fingerprint density at radius 1 is 1.26 bits per heavy atom. The Labute approximate surface area is 113 Å². The van der Waals surface area contributed by atoms with Gasteiger partial charge in [-0.3, -0.25) is 0 Å². The molecule has 1 fully saturated rings. The molecule has 0 bridgehead atoms. The van der Waals surface area contributed by atoms with Gasteiger partial charge >= 0.3 is 6.09 Å². The fraction of sp³-hybridized carbons (Fsp3) is 0.467. The molecule has 0 heterocycles. The standard InChI is InChI=1S/C15H20N2O2/c1-16-17-14(18)19-15(10-6-3-7-11-15)12-13-8-4-2-5-9-13/h2,4-5,8-9H,1,3,6-7,10-12H2,(H,17,18). The van der Waals surface area contributed by atoms with Gasteiger partial charge < -0.3 is 4.74 Å². The molecule has 4 heteroatoms. The molecule has 1 aromatic rings. The number of hydrogen-bond acceptors (Lipinski definition) is 3. The van der Waals surface area contributed by atoms with Crippen molar-refractivity contribution in [2.75, 3.05) is 0 Å². The monoisotopic (exact) mass is 260 g/mol. The molecule has 0 saturated heterocycles. The second-order valence-corrected chi connectivity index (χ2v) is 5.07. The van der Waals surface area contributed by atoms with Gasteiger partial charge in [0.05, 0.1) is 0 Å². The average Bonchev–Trinajstić information content (AvgIpc) is 2.40. The van der Waals surface area contributed by atoms with Crippen LogP contribution in [0.1, 0.15) is 37.7 Å². The number of rotatable bonds is 4. The Morgan fingerprint density at radius 2 is 1.95 bits per heavy atom. The van der Waals surface area contributed by atoms with Gasteiger partial charge in [0.1, 0.15) is 5.60 Å². The van der Waals surface area contributed by atoms with E-state index in [0.717, 1.165) is 32.1 Å². The maximum Gasteiger partial charge on any atom is 0.428 e. The van der Waals surface area contributed by atoms with Crippen LogP contribution < -0.4 is 5.43 Å². The number of nitrogens with zero attached hydrogens (tertiary/aromatic N) is 1. The molecule has 0 atom stereocenters. The molecule has 2 rings (SSSR count). The van der Waals surface area contributed by atoms with Crippen LogP contribution in [0.25, 0.3) is 0 Å². The number of hydrazone groups is 1. The fourth-order valence-electron chi connectivity index (χ4n) is 2.76. The van der Waals surface area contributed by atoms with Crippen LogP contribution in [-0.2, 0) is 11.2 Å². The molecule has 0 unspecified atom stereocenters. The Hall–Kier alpha value is -1.84. The fourth-order valence-corrected chi connectivity index (χ4v) is 2.76. The van der Waals surface area contributed by atoms with E-state index in [4.69, 9.17) is 4.74 Å². The van der Waals surface area contributed by atoms with Crippen molar-refractivity contribution in [1.29, 1.82) is 0 Å². The number of nitrogens with one attached hydrogen (secondary N) is 1. The van der Waals surface area contributed by atoms with Crippen LogP contribution in [0.3, 0.4) is 0 Å². The Kier molecular flexibility index (Phi) is 4.55. The second-order valence-electron chi connectivity index (χ2n) is 5.07. The molecule has 102 valence electrons. The van der Waals surface area contributed by atoms with E-state index < -0.39 is 11.7 Å². The van der Waals surface area contributed by atoms with Crippen molar-refractivity contribution in [2.24, 2.45) is 5.10 Å². The molecular weight excluding hydrogens is 240 g/mol. The van der Waals surface area contributed by atoms with E-state index >= 15 is 0 Å². The number of amides is 1. The smallest absolute Gasteiger partial charge is 0.428 e. The number of ether oxygens (including phenoxy) is 1. The molecule has 1 amide bonds. The topological polar surface area (TPSA) is 50.7 Å². The second kappa shape index (κ2) is 6.36. The van der Waals surface area contributed by atoms with Crippen LogP contribution in [0.5, 0.6) is 0 Å². The van der Waals surface area contributed by atoms with E-state index in [9.17, 15) is 4.79 Å². The molecule has 4 nitrogen and oxygen atoms in total. The van der Waals surface area contributed by atoms with Gasteiger partial charge in [0, 0.05) is 13.1 Å². The van der Waals surface area contributed by atoms with Crippen molar-refractivity contribution in [1.82, 2.24) is 5.43 Å². The third kappa shape index (κ3) is 3.81. The molecule has 1 aliphatic carbocycles. The minimum atomic E-state index is -0.507. The SMILES string of the molecule is C=NNC(=O)OC1(Cc2ccccc2)CCCCC1. The summed E-state index contributed by atoms with van der Waals surface area (Å²) in [5, 5.41) is 3.36. The van der Waals surface area contributed by atoms with E-state index in [1.807, 2.05) is 18.2 Å². The van der Waals surface area contributed by atoms with E-state index in [1.165, 1.54) is 12.0 Å². The lowest BCUT2D eigenvalue weighted by Gasteiger charge is -2.36. The summed E-state index contributed by atoms with van der Waals surface area (Å²) in [6.45, 7) is 3.24. The third-order valence-corrected chi connectivity index (χ3v) is 3.61. The molecule has 1 aromatic carbocycles. The van der Waals surface area contributed by atoms with Gasteiger partial charge in [-0.05, 0) is 31.2 Å². The largest absolute Gasteiger partial charge is 0.441 e. The van der Waals surface area contributed by atoms with Crippen molar-refractivity contribution >= 4 is 12.8 Å². The summed E-state index contributed by atoms with van der Waals surface area (Å²) in [5.41, 5.74) is 3.06. The molecule has 1 saturated carbocycles. The quantitative estimate of drug-likeness (QED) is 0.667. The van der Waals surface area contributed by atoms with Crippen molar-refractivity contribution < 1.29 is 9.53 Å². The average molecular weight is 260 g/mol. The summed E-state index contributed by atoms with van der Waals surface area (Å²) in [6, 6.07) is 10.2. The normalized spacial score (nSPS) is 17.5. The molecule has 1 N–H and O–H groups in total. The summed E-state index contributed by atoms with van der Waals surface area (Å²) in [6.07, 6.45) is 5.48. The Morgan fingerprint density at radius 3 is 2.58 bits per heavy atom. The zero-order valence-electron chi connectivity index (χ0n) is 11.1. The molecule has 0 spiro atoms. The highest BCUT2D eigenvalue weighted by atomic mass is 16.6. The van der Waals surface area contributed by atoms with Gasteiger partial charge in [-0.25, -0.2) is 10.2 Å². The van der Waals surface area contributed by atoms with Crippen LogP contribution in [0, 0.1) is 0 Å². The predicted octanol–water partition coefficient (Wildman–Crippen LogP) is 3.27. The minimum absolute atomic E-state index is 0.394. The Balaban J connectivity index is 2.10. The summed E-state index contributed by atoms with van der Waals surface area (Å²) in [5.74, 6) is 0. The van der Waals surface area contributed by atoms with Crippen LogP contribution in [0.15, 0.2) is 35.4 Å². The van der Waals surface area contributed by atoms with Crippen LogP contribution in [0.4, 0.5) is 4.79 Å². The van der Waals surface area contributed by atoms with E-state index in [2.05, 4.69) is 29.4 Å². The number of benzene rings is 1. The summed E-state index contributed by atoms with van der Waals surface area (Å²) in [7, 11) is 0. The first kappa shape index (κ1) is 13.6. The van der Waals surface area contributed by atoms with Gasteiger partial charge in [-0.2, -0.15) is 5.10 Å². The molecule has 19 heavy (non-hydrogen) atoms. The van der Waals surface area contributed by atoms with Gasteiger partial charge in [-0.1, -0.05) is 36.8 Å². The summed E-state index contributed by atoms with van der Waals surface area (Å²) < 4.78 is 5.64. The van der Waals surface area contributed by atoms with Gasteiger partial charge in [0.25, 0.3) is 0 Å². The highest BCUT2D eigenvalue weighted by molar-refractivity contribution is 5.67. The first-order valence-corrected chi connectivity index (χ1v) is 6.73. The first-order valence-electron chi connectivity index (χ1n) is 6.73. The van der Waals surface area contributed by atoms with Crippen molar-refractivity contribution in [3.63, 3.8) is 0 Å². The van der Waals surface area contributed by atoms with E-state index in [0.29, 0.717) is 0 Å². The first-order chi connectivity index (χ1) is 9.24. The Bertz CT molecular complexity index is 425. The van der Waals surface area contributed by atoms with E-state index in [1.54, 1.807) is 0 Å². The van der Waals surface area contributed by atoms with Crippen LogP contribution in [-0.4, -0.2) is 18.4 Å². The van der Waals surface area contributed by atoms with Crippen molar-refractivity contribution in [2.45, 2.75) is 44.1 Å². The highest BCUT2D eigenvalue weighted by Crippen LogP contribution is 2.34. The van der Waals surface area contributed by atoms with Crippen molar-refractivity contribution in [3.8, 4) is 0 Å². The highest BCUT2D eigenvalue weighted by Gasteiger charge is 2.36. The van der Waals surface area contributed by atoms with Crippen LogP contribution in [0.2, 0.25) is 0 Å². The molecule has 1 aliphatic rings. The zero-order valence-corrected chi connectivity index (χ0v) is 11.1. The minimum Gasteiger partial charge on any atom is -0.441 e. The lowest BCUT2D eigenvalue weighted by atomic mass is 9.80. The lowest BCUT2D eigenvalue weighted by molar-refractivity contribution is -0.0161. The van der Waals surface area contributed by atoms with Gasteiger partial charge in [0.2, 0.25) is 0 Å². The third-order valence-electron chi connectivity index (χ3n) is 3.61.